The number of para-hydroxylation sites is 1. The second kappa shape index (κ2) is 6.15. The topological polar surface area (TPSA) is 38.8 Å². The third-order valence-corrected chi connectivity index (χ3v) is 5.61. The zero-order valence-electron chi connectivity index (χ0n) is 14.1. The standard InChI is InChI=1S/C21H18ClNO3/c22-13-7-9-14(10-8-13)23-12-17-19(24)15-4-1-2-6-18(15)26-20(17)16-5-3-11-25-21(16)23/h1-2,4,6-10,12,16,20-21H,3,5,11H2/t16-,20+,21-/m0/s1. The summed E-state index contributed by atoms with van der Waals surface area (Å²) < 4.78 is 12.4. The summed E-state index contributed by atoms with van der Waals surface area (Å²) in [6.45, 7) is 0.714. The fourth-order valence-electron chi connectivity index (χ4n) is 4.13. The minimum atomic E-state index is -0.258. The fraction of sp³-hybridized carbons (Fsp3) is 0.286. The van der Waals surface area contributed by atoms with Crippen molar-refractivity contribution in [3.05, 3.63) is 70.9 Å². The molecular formula is C21H18ClNO3. The third kappa shape index (κ3) is 2.44. The van der Waals surface area contributed by atoms with Crippen molar-refractivity contribution in [2.75, 3.05) is 11.5 Å². The molecule has 3 aliphatic rings. The molecule has 0 amide bonds. The molecule has 0 saturated carbocycles. The maximum Gasteiger partial charge on any atom is 0.197 e. The summed E-state index contributed by atoms with van der Waals surface area (Å²) in [6.07, 6.45) is 3.44. The Bertz CT molecular complexity index is 892. The summed E-state index contributed by atoms with van der Waals surface area (Å²) in [4.78, 5) is 15.2. The lowest BCUT2D eigenvalue weighted by Gasteiger charge is -2.47. The highest BCUT2D eigenvalue weighted by molar-refractivity contribution is 6.30. The second-order valence-corrected chi connectivity index (χ2v) is 7.34. The van der Waals surface area contributed by atoms with Crippen LogP contribution in [-0.4, -0.2) is 24.7 Å². The smallest absolute Gasteiger partial charge is 0.197 e. The van der Waals surface area contributed by atoms with E-state index in [-0.39, 0.29) is 24.0 Å². The van der Waals surface area contributed by atoms with E-state index in [0.29, 0.717) is 28.5 Å². The number of fused-ring (bicyclic) bond motifs is 4. The predicted molar refractivity (Wildman–Crippen MR) is 99.7 cm³/mol. The van der Waals surface area contributed by atoms with Gasteiger partial charge in [-0.3, -0.25) is 4.79 Å². The van der Waals surface area contributed by atoms with Crippen molar-refractivity contribution in [2.24, 2.45) is 5.92 Å². The van der Waals surface area contributed by atoms with Gasteiger partial charge in [0, 0.05) is 29.4 Å². The highest BCUT2D eigenvalue weighted by atomic mass is 35.5. The van der Waals surface area contributed by atoms with Gasteiger partial charge in [0.25, 0.3) is 0 Å². The van der Waals surface area contributed by atoms with Gasteiger partial charge in [0.15, 0.2) is 5.78 Å². The van der Waals surface area contributed by atoms with Crippen LogP contribution in [0.2, 0.25) is 5.02 Å². The van der Waals surface area contributed by atoms with Crippen LogP contribution in [0.15, 0.2) is 60.3 Å². The van der Waals surface area contributed by atoms with Crippen LogP contribution in [0.1, 0.15) is 23.2 Å². The van der Waals surface area contributed by atoms with Crippen LogP contribution in [0.3, 0.4) is 0 Å². The third-order valence-electron chi connectivity index (χ3n) is 5.36. The number of rotatable bonds is 1. The van der Waals surface area contributed by atoms with Gasteiger partial charge in [-0.1, -0.05) is 23.7 Å². The first-order valence-corrected chi connectivity index (χ1v) is 9.28. The Balaban J connectivity index is 1.63. The summed E-state index contributed by atoms with van der Waals surface area (Å²) in [5, 5.41) is 0.684. The maximum absolute atomic E-state index is 13.1. The van der Waals surface area contributed by atoms with Gasteiger partial charge in [0.05, 0.1) is 11.1 Å². The van der Waals surface area contributed by atoms with Gasteiger partial charge in [0.1, 0.15) is 18.1 Å². The summed E-state index contributed by atoms with van der Waals surface area (Å²) >= 11 is 6.04. The van der Waals surface area contributed by atoms with Crippen LogP contribution in [0.4, 0.5) is 5.69 Å². The lowest BCUT2D eigenvalue weighted by molar-refractivity contribution is -0.0599. The number of benzene rings is 2. The summed E-state index contributed by atoms with van der Waals surface area (Å²) in [6, 6.07) is 15.1. The molecule has 0 N–H and O–H groups in total. The van der Waals surface area contributed by atoms with E-state index in [1.807, 2.05) is 54.7 Å². The zero-order valence-corrected chi connectivity index (χ0v) is 14.9. The molecule has 1 fully saturated rings. The lowest BCUT2D eigenvalue weighted by atomic mass is 9.81. The van der Waals surface area contributed by atoms with E-state index in [4.69, 9.17) is 21.1 Å². The number of hydrogen-bond acceptors (Lipinski definition) is 4. The molecule has 3 atom stereocenters. The largest absolute Gasteiger partial charge is 0.484 e. The molecule has 0 unspecified atom stereocenters. The highest BCUT2D eigenvalue weighted by Crippen LogP contribution is 2.43. The first kappa shape index (κ1) is 15.9. The maximum atomic E-state index is 13.1. The number of Topliss-reactive ketones (excluding diaryl/α,β-unsaturated/α-hetero) is 1. The Morgan fingerprint density at radius 2 is 1.88 bits per heavy atom. The Morgan fingerprint density at radius 3 is 2.73 bits per heavy atom. The second-order valence-electron chi connectivity index (χ2n) is 6.90. The van der Waals surface area contributed by atoms with Crippen LogP contribution in [0, 0.1) is 5.92 Å². The number of ketones is 1. The number of carbonyl (C=O) groups excluding carboxylic acids is 1. The molecule has 2 aromatic rings. The van der Waals surface area contributed by atoms with Crippen molar-refractivity contribution in [3.63, 3.8) is 0 Å². The van der Waals surface area contributed by atoms with Crippen LogP contribution >= 0.6 is 11.6 Å². The molecule has 5 rings (SSSR count). The van der Waals surface area contributed by atoms with Gasteiger partial charge in [-0.25, -0.2) is 0 Å². The summed E-state index contributed by atoms with van der Waals surface area (Å²) in [5.41, 5.74) is 2.29. The minimum absolute atomic E-state index is 0.0415. The number of nitrogens with zero attached hydrogens (tertiary/aromatic N) is 1. The van der Waals surface area contributed by atoms with Crippen LogP contribution in [0.5, 0.6) is 5.75 Å². The molecule has 0 radical (unpaired) electrons. The van der Waals surface area contributed by atoms with E-state index in [9.17, 15) is 4.79 Å². The molecule has 0 spiro atoms. The molecule has 3 aliphatic heterocycles. The van der Waals surface area contributed by atoms with Crippen molar-refractivity contribution in [2.45, 2.75) is 25.2 Å². The van der Waals surface area contributed by atoms with Crippen molar-refractivity contribution < 1.29 is 14.3 Å². The predicted octanol–water partition coefficient (Wildman–Crippen LogP) is 4.44. The number of hydrogen-bond donors (Lipinski definition) is 0. The van der Waals surface area contributed by atoms with Gasteiger partial charge in [-0.2, -0.15) is 0 Å². The quantitative estimate of drug-likeness (QED) is 0.747. The van der Waals surface area contributed by atoms with Gasteiger partial charge < -0.3 is 14.4 Å². The van der Waals surface area contributed by atoms with Crippen molar-refractivity contribution in [3.8, 4) is 5.75 Å². The Labute approximate surface area is 157 Å². The molecule has 3 heterocycles. The van der Waals surface area contributed by atoms with Crippen molar-refractivity contribution in [1.29, 1.82) is 0 Å². The first-order valence-electron chi connectivity index (χ1n) is 8.90. The van der Waals surface area contributed by atoms with E-state index < -0.39 is 0 Å². The number of anilines is 1. The van der Waals surface area contributed by atoms with Gasteiger partial charge in [0.2, 0.25) is 0 Å². The number of ether oxygens (including phenoxy) is 2. The molecule has 26 heavy (non-hydrogen) atoms. The summed E-state index contributed by atoms with van der Waals surface area (Å²) in [7, 11) is 0. The van der Waals surface area contributed by atoms with Gasteiger partial charge in [-0.15, -0.1) is 0 Å². The Morgan fingerprint density at radius 1 is 1.08 bits per heavy atom. The van der Waals surface area contributed by atoms with E-state index in [2.05, 4.69) is 4.90 Å². The van der Waals surface area contributed by atoms with Crippen LogP contribution < -0.4 is 9.64 Å². The molecule has 0 aromatic heterocycles. The van der Waals surface area contributed by atoms with Crippen LogP contribution in [-0.2, 0) is 4.74 Å². The van der Waals surface area contributed by atoms with E-state index >= 15 is 0 Å². The number of halogens is 1. The molecule has 1 saturated heterocycles. The number of carbonyl (C=O) groups is 1. The van der Waals surface area contributed by atoms with Gasteiger partial charge in [-0.05, 0) is 49.2 Å². The zero-order chi connectivity index (χ0) is 17.7. The SMILES string of the molecule is O=C1C2=CN(c3ccc(Cl)cc3)[C@H]3OCCC[C@H]3[C@H]2Oc2ccccc21. The highest BCUT2D eigenvalue weighted by Gasteiger charge is 2.47. The average molecular weight is 368 g/mol. The molecule has 132 valence electrons. The average Bonchev–Trinajstić information content (AvgIpc) is 2.69. The van der Waals surface area contributed by atoms with Crippen molar-refractivity contribution >= 4 is 23.1 Å². The Kier molecular flexibility index (Phi) is 3.76. The first-order chi connectivity index (χ1) is 12.7. The monoisotopic (exact) mass is 367 g/mol. The van der Waals surface area contributed by atoms with Crippen molar-refractivity contribution in [1.82, 2.24) is 0 Å². The minimum Gasteiger partial charge on any atom is -0.484 e. The lowest BCUT2D eigenvalue weighted by Crippen LogP contribution is -2.55. The van der Waals surface area contributed by atoms with Crippen LogP contribution in [0.25, 0.3) is 0 Å². The molecular weight excluding hydrogens is 350 g/mol. The molecule has 0 bridgehead atoms. The normalized spacial score (nSPS) is 27.0. The summed E-state index contributed by atoms with van der Waals surface area (Å²) in [5.74, 6) is 0.820. The van der Waals surface area contributed by atoms with E-state index in [1.165, 1.54) is 0 Å². The van der Waals surface area contributed by atoms with Gasteiger partial charge >= 0.3 is 0 Å². The molecule has 2 aromatic carbocycles. The molecule has 5 heteroatoms. The molecule has 4 nitrogen and oxygen atoms in total. The fourth-order valence-corrected chi connectivity index (χ4v) is 4.25. The Hall–Kier alpha value is -2.30. The van der Waals surface area contributed by atoms with E-state index in [1.54, 1.807) is 0 Å². The molecule has 0 aliphatic carbocycles. The van der Waals surface area contributed by atoms with E-state index in [0.717, 1.165) is 18.5 Å².